The topological polar surface area (TPSA) is 97.4 Å². The van der Waals surface area contributed by atoms with Gasteiger partial charge in [-0.05, 0) is 80.3 Å². The first-order valence-electron chi connectivity index (χ1n) is 15.7. The molecule has 9 heteroatoms. The van der Waals surface area contributed by atoms with Gasteiger partial charge in [0.2, 0.25) is 0 Å². The Kier molecular flexibility index (Phi) is 10.1. The summed E-state index contributed by atoms with van der Waals surface area (Å²) < 4.78 is 49.2. The van der Waals surface area contributed by atoms with Crippen molar-refractivity contribution in [1.82, 2.24) is 3.97 Å². The third-order valence-corrected chi connectivity index (χ3v) is 14.5. The lowest BCUT2D eigenvalue weighted by atomic mass is 9.81. The fourth-order valence-electron chi connectivity index (χ4n) is 6.33. The molecule has 246 valence electrons. The first-order chi connectivity index (χ1) is 23.1. The standard InChI is InChI=1S/C39H39N2O4PS2/c1-39(2,47(40)42)35(27-29-23-25-30(45-3)26-24-29)38-34-21-13-14-22-36(34)41(48(43,44)33-19-11-6-12-20-33)37(38)28-46(31-15-7-4-8-16-31)32-17-9-5-10-18-32/h4-26,35H,27-28,40H2,1-3H3. The quantitative estimate of drug-likeness (QED) is 0.108. The second kappa shape index (κ2) is 14.3. The number of hydrogen-bond acceptors (Lipinski definition) is 5. The lowest BCUT2D eigenvalue weighted by molar-refractivity contribution is 0.414. The van der Waals surface area contributed by atoms with Crippen molar-refractivity contribution in [3.05, 3.63) is 156 Å². The monoisotopic (exact) mass is 694 g/mol. The molecule has 6 aromatic rings. The predicted octanol–water partition coefficient (Wildman–Crippen LogP) is 7.25. The van der Waals surface area contributed by atoms with E-state index >= 15 is 0 Å². The zero-order valence-electron chi connectivity index (χ0n) is 27.2. The molecule has 0 saturated carbocycles. The summed E-state index contributed by atoms with van der Waals surface area (Å²) in [5.41, 5.74) is 3.11. The molecule has 2 N–H and O–H groups in total. The molecule has 5 aromatic carbocycles. The number of ether oxygens (including phenoxy) is 1. The summed E-state index contributed by atoms with van der Waals surface area (Å²) in [6.07, 6.45) is 0.923. The molecule has 48 heavy (non-hydrogen) atoms. The smallest absolute Gasteiger partial charge is 0.268 e. The second-order valence-electron chi connectivity index (χ2n) is 12.2. The maximum Gasteiger partial charge on any atom is 0.268 e. The van der Waals surface area contributed by atoms with Gasteiger partial charge in [0, 0.05) is 34.5 Å². The highest BCUT2D eigenvalue weighted by atomic mass is 32.2. The normalized spacial score (nSPS) is 13.5. The van der Waals surface area contributed by atoms with E-state index in [4.69, 9.17) is 9.88 Å². The minimum Gasteiger partial charge on any atom is -0.598 e. The molecule has 0 radical (unpaired) electrons. The zero-order chi connectivity index (χ0) is 33.9. The van der Waals surface area contributed by atoms with E-state index in [9.17, 15) is 13.0 Å². The molecule has 0 amide bonds. The Morgan fingerprint density at radius 2 is 1.31 bits per heavy atom. The van der Waals surface area contributed by atoms with Gasteiger partial charge >= 0.3 is 0 Å². The van der Waals surface area contributed by atoms with Crippen molar-refractivity contribution >= 4 is 50.8 Å². The summed E-state index contributed by atoms with van der Waals surface area (Å²) in [4.78, 5) is 0.204. The summed E-state index contributed by atoms with van der Waals surface area (Å²) in [6.45, 7) is 3.83. The van der Waals surface area contributed by atoms with Gasteiger partial charge in [0.05, 0.1) is 17.5 Å². The van der Waals surface area contributed by atoms with E-state index in [1.54, 1.807) is 35.3 Å². The Morgan fingerprint density at radius 1 is 0.792 bits per heavy atom. The number of methoxy groups -OCH3 is 1. The van der Waals surface area contributed by atoms with Gasteiger partial charge in [-0.15, -0.1) is 0 Å². The number of nitrogens with two attached hydrogens (primary N) is 1. The van der Waals surface area contributed by atoms with Crippen molar-refractivity contribution in [2.24, 2.45) is 5.14 Å². The van der Waals surface area contributed by atoms with Crippen LogP contribution in [0.1, 0.15) is 36.6 Å². The molecular weight excluding hydrogens is 656 g/mol. The molecule has 0 aliphatic rings. The second-order valence-corrected chi connectivity index (χ2v) is 17.9. The summed E-state index contributed by atoms with van der Waals surface area (Å²) in [6, 6.07) is 44.6. The molecule has 2 atom stereocenters. The first-order valence-corrected chi connectivity index (χ1v) is 19.9. The van der Waals surface area contributed by atoms with E-state index in [0.29, 0.717) is 23.8 Å². The Morgan fingerprint density at radius 3 is 1.85 bits per heavy atom. The Labute approximate surface area is 287 Å². The van der Waals surface area contributed by atoms with E-state index in [1.165, 1.54) is 0 Å². The minimum atomic E-state index is -4.06. The molecule has 0 aliphatic carbocycles. The Balaban J connectivity index is 1.68. The zero-order valence-corrected chi connectivity index (χ0v) is 29.7. The highest BCUT2D eigenvalue weighted by molar-refractivity contribution is 7.90. The van der Waals surface area contributed by atoms with Crippen molar-refractivity contribution in [2.75, 3.05) is 7.11 Å². The van der Waals surface area contributed by atoms with Crippen LogP contribution >= 0.6 is 7.92 Å². The average Bonchev–Trinajstić information content (AvgIpc) is 3.44. The van der Waals surface area contributed by atoms with E-state index in [-0.39, 0.29) is 4.90 Å². The lowest BCUT2D eigenvalue weighted by Gasteiger charge is -2.34. The van der Waals surface area contributed by atoms with Crippen LogP contribution < -0.4 is 20.5 Å². The number of rotatable bonds is 12. The van der Waals surface area contributed by atoms with Crippen molar-refractivity contribution in [3.63, 3.8) is 0 Å². The number of hydrogen-bond donors (Lipinski definition) is 1. The number of fused-ring (bicyclic) bond motifs is 1. The Hall–Kier alpha value is -3.91. The van der Waals surface area contributed by atoms with Gasteiger partial charge in [0.15, 0.2) is 0 Å². The van der Waals surface area contributed by atoms with Crippen LogP contribution in [0.2, 0.25) is 0 Å². The van der Waals surface area contributed by atoms with Crippen molar-refractivity contribution in [2.45, 2.75) is 42.0 Å². The van der Waals surface area contributed by atoms with Gasteiger partial charge in [0.25, 0.3) is 10.0 Å². The van der Waals surface area contributed by atoms with Crippen LogP contribution in [0.15, 0.2) is 144 Å². The fourth-order valence-corrected chi connectivity index (χ4v) is 10.8. The van der Waals surface area contributed by atoms with Crippen LogP contribution in [0.4, 0.5) is 0 Å². The van der Waals surface area contributed by atoms with Crippen LogP contribution in [-0.4, -0.2) is 28.8 Å². The maximum absolute atomic E-state index is 14.8. The third kappa shape index (κ3) is 6.69. The van der Waals surface area contributed by atoms with Crippen molar-refractivity contribution < 1.29 is 17.7 Å². The molecule has 2 unspecified atom stereocenters. The highest BCUT2D eigenvalue weighted by Gasteiger charge is 2.44. The molecule has 0 fully saturated rings. The first kappa shape index (κ1) is 34.0. The molecule has 1 aromatic heterocycles. The summed E-state index contributed by atoms with van der Waals surface area (Å²) >= 11 is -1.75. The van der Waals surface area contributed by atoms with Gasteiger partial charge in [-0.25, -0.2) is 12.4 Å². The maximum atomic E-state index is 14.8. The van der Waals surface area contributed by atoms with Gasteiger partial charge in [0.1, 0.15) is 10.5 Å². The van der Waals surface area contributed by atoms with Gasteiger partial charge < -0.3 is 9.29 Å². The van der Waals surface area contributed by atoms with Crippen molar-refractivity contribution in [3.8, 4) is 5.75 Å². The van der Waals surface area contributed by atoms with Crippen LogP contribution in [-0.2, 0) is 34.0 Å². The summed E-state index contributed by atoms with van der Waals surface area (Å²) in [5, 5.41) is 9.37. The molecule has 0 saturated heterocycles. The van der Waals surface area contributed by atoms with Gasteiger partial charge in [-0.3, -0.25) is 0 Å². The molecule has 6 rings (SSSR count). The molecule has 1 heterocycles. The Bertz CT molecular complexity index is 2050. The van der Waals surface area contributed by atoms with Crippen molar-refractivity contribution in [1.29, 1.82) is 0 Å². The van der Waals surface area contributed by atoms with E-state index in [0.717, 1.165) is 32.9 Å². The number of nitrogens with zero attached hydrogens (tertiary/aromatic N) is 1. The molecule has 0 spiro atoms. The fraction of sp³-hybridized carbons (Fsp3) is 0.179. The van der Waals surface area contributed by atoms with E-state index in [2.05, 4.69) is 24.3 Å². The molecule has 0 aliphatic heterocycles. The number of benzene rings is 5. The summed E-state index contributed by atoms with van der Waals surface area (Å²) in [5.74, 6) is 0.326. The van der Waals surface area contributed by atoms with Crippen LogP contribution in [0.5, 0.6) is 5.75 Å². The number of aromatic nitrogens is 1. The van der Waals surface area contributed by atoms with Crippen LogP contribution in [0.25, 0.3) is 10.9 Å². The highest BCUT2D eigenvalue weighted by Crippen LogP contribution is 2.48. The molecular formula is C39H39N2O4PS2. The predicted molar refractivity (Wildman–Crippen MR) is 200 cm³/mol. The van der Waals surface area contributed by atoms with Crippen LogP contribution in [0.3, 0.4) is 0 Å². The van der Waals surface area contributed by atoms with E-state index in [1.807, 2.05) is 105 Å². The average molecular weight is 695 g/mol. The van der Waals surface area contributed by atoms with Gasteiger partial charge in [-0.1, -0.05) is 109 Å². The van der Waals surface area contributed by atoms with Crippen LogP contribution in [0, 0.1) is 0 Å². The lowest BCUT2D eigenvalue weighted by Crippen LogP contribution is -2.44. The molecule has 6 nitrogen and oxygen atoms in total. The summed E-state index contributed by atoms with van der Waals surface area (Å²) in [7, 11) is -3.50. The van der Waals surface area contributed by atoms with Gasteiger partial charge in [-0.2, -0.15) is 5.14 Å². The largest absolute Gasteiger partial charge is 0.598 e. The SMILES string of the molecule is COc1ccc(CC(c2c(CP(c3ccccc3)c3ccccc3)n(S(=O)(=O)c3ccccc3)c3ccccc23)C(C)(C)[S+](N)[O-])cc1. The van der Waals surface area contributed by atoms with E-state index < -0.39 is 40.0 Å². The third-order valence-electron chi connectivity index (χ3n) is 9.00. The minimum absolute atomic E-state index is 0.204. The molecule has 0 bridgehead atoms. The number of para-hydroxylation sites is 1.